The van der Waals surface area contributed by atoms with Gasteiger partial charge in [0, 0.05) is 38.6 Å². The molecule has 0 amide bonds. The Bertz CT molecular complexity index is 884. The molecule has 7 nitrogen and oxygen atoms in total. The summed E-state index contributed by atoms with van der Waals surface area (Å²) in [5.41, 5.74) is 2.26. The highest BCUT2D eigenvalue weighted by atomic mass is 32.2. The zero-order valence-corrected chi connectivity index (χ0v) is 15.8. The smallest absolute Gasteiger partial charge is 0.211 e. The lowest BCUT2D eigenvalue weighted by molar-refractivity contribution is -0.103. The van der Waals surface area contributed by atoms with E-state index in [1.807, 2.05) is 6.07 Å². The predicted octanol–water partition coefficient (Wildman–Crippen LogP) is 0.910. The minimum atomic E-state index is -3.21. The lowest BCUT2D eigenvalue weighted by Crippen LogP contribution is -2.60. The Morgan fingerprint density at radius 2 is 2.00 bits per heavy atom. The summed E-state index contributed by atoms with van der Waals surface area (Å²) in [7, 11) is -3.21. The zero-order chi connectivity index (χ0) is 17.7. The molecule has 1 N–H and O–H groups in total. The third kappa shape index (κ3) is 3.43. The molecule has 4 rings (SSSR count). The molecule has 9 heteroatoms. The van der Waals surface area contributed by atoms with Gasteiger partial charge < -0.3 is 5.11 Å². The highest BCUT2D eigenvalue weighted by molar-refractivity contribution is 7.88. The first-order valence-electron chi connectivity index (χ1n) is 8.45. The fraction of sp³-hybridized carbons (Fsp3) is 0.625. The van der Waals surface area contributed by atoms with Gasteiger partial charge in [0.25, 0.3) is 0 Å². The van der Waals surface area contributed by atoms with Gasteiger partial charge in [0.15, 0.2) is 0 Å². The zero-order valence-electron chi connectivity index (χ0n) is 14.1. The second kappa shape index (κ2) is 6.24. The maximum Gasteiger partial charge on any atom is 0.211 e. The van der Waals surface area contributed by atoms with Crippen LogP contribution in [-0.2, 0) is 16.6 Å². The number of hydrogen-bond donors (Lipinski definition) is 1. The maximum absolute atomic E-state index is 11.9. The van der Waals surface area contributed by atoms with E-state index >= 15 is 0 Å². The summed E-state index contributed by atoms with van der Waals surface area (Å²) >= 11 is 1.22. The van der Waals surface area contributed by atoms with Crippen LogP contribution in [0.2, 0.25) is 0 Å². The molecular formula is C16H22N4O3S2. The van der Waals surface area contributed by atoms with Crippen LogP contribution in [0, 0.1) is 5.92 Å². The van der Waals surface area contributed by atoms with E-state index in [-0.39, 0.29) is 5.92 Å². The number of hydrogen-bond acceptors (Lipinski definition) is 7. The topological polar surface area (TPSA) is 86.6 Å². The molecule has 2 aliphatic heterocycles. The van der Waals surface area contributed by atoms with E-state index in [2.05, 4.69) is 25.8 Å². The third-order valence-electron chi connectivity index (χ3n) is 5.51. The molecule has 2 saturated heterocycles. The van der Waals surface area contributed by atoms with Gasteiger partial charge in [0.05, 0.1) is 23.6 Å². The number of rotatable bonds is 3. The molecule has 0 spiro atoms. The Kier molecular flexibility index (Phi) is 4.32. The quantitative estimate of drug-likeness (QED) is 0.849. The van der Waals surface area contributed by atoms with Gasteiger partial charge in [-0.25, -0.2) is 12.7 Å². The molecule has 0 radical (unpaired) electrons. The van der Waals surface area contributed by atoms with Crippen LogP contribution in [0.3, 0.4) is 0 Å². The number of sulfonamides is 1. The molecule has 2 aliphatic rings. The first kappa shape index (κ1) is 17.3. The fourth-order valence-electron chi connectivity index (χ4n) is 3.97. The van der Waals surface area contributed by atoms with Crippen molar-refractivity contribution >= 4 is 32.8 Å². The minimum absolute atomic E-state index is 0.0469. The van der Waals surface area contributed by atoms with Crippen LogP contribution in [-0.4, -0.2) is 69.5 Å². The summed E-state index contributed by atoms with van der Waals surface area (Å²) in [5, 5.41) is 10.9. The molecule has 2 aromatic rings. The van der Waals surface area contributed by atoms with Gasteiger partial charge in [-0.05, 0) is 30.5 Å². The minimum Gasteiger partial charge on any atom is -0.389 e. The van der Waals surface area contributed by atoms with Crippen LogP contribution in [0.4, 0.5) is 0 Å². The molecule has 2 fully saturated rings. The van der Waals surface area contributed by atoms with Crippen molar-refractivity contribution in [2.45, 2.75) is 25.0 Å². The van der Waals surface area contributed by atoms with Gasteiger partial charge in [-0.1, -0.05) is 6.07 Å². The summed E-state index contributed by atoms with van der Waals surface area (Å²) in [6.07, 6.45) is 2.46. The lowest BCUT2D eigenvalue weighted by atomic mass is 9.76. The van der Waals surface area contributed by atoms with E-state index in [1.54, 1.807) is 0 Å². The number of aliphatic hydroxyl groups is 1. The monoisotopic (exact) mass is 382 g/mol. The van der Waals surface area contributed by atoms with Crippen molar-refractivity contribution < 1.29 is 13.5 Å². The Morgan fingerprint density at radius 3 is 2.80 bits per heavy atom. The number of fused-ring (bicyclic) bond motifs is 2. The van der Waals surface area contributed by atoms with Crippen molar-refractivity contribution in [1.82, 2.24) is 18.0 Å². The molecule has 0 bridgehead atoms. The Balaban J connectivity index is 1.48. The van der Waals surface area contributed by atoms with E-state index in [1.165, 1.54) is 27.9 Å². The lowest BCUT2D eigenvalue weighted by Gasteiger charge is -2.49. The SMILES string of the molecule is CS(=O)(=O)N1CC[C@@]2(O)CCN(Cc3ccc4nsnc4c3)C[C@H]2C1. The molecular weight excluding hydrogens is 360 g/mol. The van der Waals surface area contributed by atoms with E-state index in [9.17, 15) is 13.5 Å². The molecule has 0 unspecified atom stereocenters. The first-order chi connectivity index (χ1) is 11.8. The Morgan fingerprint density at radius 1 is 1.24 bits per heavy atom. The Labute approximate surface area is 151 Å². The van der Waals surface area contributed by atoms with Crippen molar-refractivity contribution in [3.05, 3.63) is 23.8 Å². The van der Waals surface area contributed by atoms with Gasteiger partial charge in [-0.3, -0.25) is 4.90 Å². The number of nitrogens with zero attached hydrogens (tertiary/aromatic N) is 4. The van der Waals surface area contributed by atoms with Crippen molar-refractivity contribution in [1.29, 1.82) is 0 Å². The number of piperidine rings is 2. The van der Waals surface area contributed by atoms with Gasteiger partial charge in [-0.15, -0.1) is 0 Å². The molecule has 3 heterocycles. The van der Waals surface area contributed by atoms with Crippen LogP contribution < -0.4 is 0 Å². The van der Waals surface area contributed by atoms with Crippen LogP contribution >= 0.6 is 11.7 Å². The van der Waals surface area contributed by atoms with E-state index < -0.39 is 15.6 Å². The summed E-state index contributed by atoms with van der Waals surface area (Å²) in [6.45, 7) is 3.12. The van der Waals surface area contributed by atoms with E-state index in [0.717, 1.165) is 24.1 Å². The average molecular weight is 383 g/mol. The standard InChI is InChI=1S/C16H22N4O3S2/c1-25(22,23)20-7-5-16(21)4-6-19(10-13(16)11-20)9-12-2-3-14-15(8-12)18-24-17-14/h2-3,8,13,21H,4-7,9-11H2,1H3/t13-,16-/m0/s1. The van der Waals surface area contributed by atoms with Crippen molar-refractivity contribution in [2.24, 2.45) is 5.92 Å². The van der Waals surface area contributed by atoms with Crippen LogP contribution in [0.1, 0.15) is 18.4 Å². The van der Waals surface area contributed by atoms with Crippen molar-refractivity contribution in [2.75, 3.05) is 32.4 Å². The van der Waals surface area contributed by atoms with Crippen molar-refractivity contribution in [3.63, 3.8) is 0 Å². The average Bonchev–Trinajstić information content (AvgIpc) is 3.01. The summed E-state index contributed by atoms with van der Waals surface area (Å²) in [4.78, 5) is 2.30. The summed E-state index contributed by atoms with van der Waals surface area (Å²) in [5.74, 6) is -0.0469. The number of aromatic nitrogens is 2. The molecule has 1 aromatic carbocycles. The highest BCUT2D eigenvalue weighted by Crippen LogP contribution is 2.36. The van der Waals surface area contributed by atoms with E-state index in [4.69, 9.17) is 0 Å². The van der Waals surface area contributed by atoms with Crippen LogP contribution in [0.15, 0.2) is 18.2 Å². The molecule has 2 atom stereocenters. The third-order valence-corrected chi connectivity index (χ3v) is 7.34. The molecule has 1 aromatic heterocycles. The Hall–Kier alpha value is -1.13. The predicted molar refractivity (Wildman–Crippen MR) is 96.8 cm³/mol. The molecule has 0 aliphatic carbocycles. The molecule has 136 valence electrons. The van der Waals surface area contributed by atoms with Gasteiger partial charge >= 0.3 is 0 Å². The van der Waals surface area contributed by atoms with Crippen molar-refractivity contribution in [3.8, 4) is 0 Å². The second-order valence-electron chi connectivity index (χ2n) is 7.24. The maximum atomic E-state index is 11.9. The number of benzene rings is 1. The normalized spacial score (nSPS) is 29.0. The largest absolute Gasteiger partial charge is 0.389 e. The first-order valence-corrected chi connectivity index (χ1v) is 11.0. The highest BCUT2D eigenvalue weighted by Gasteiger charge is 2.46. The van der Waals surface area contributed by atoms with Gasteiger partial charge in [-0.2, -0.15) is 8.75 Å². The molecule has 0 saturated carbocycles. The number of likely N-dealkylation sites (tertiary alicyclic amines) is 1. The summed E-state index contributed by atoms with van der Waals surface area (Å²) in [6, 6.07) is 6.11. The fourth-order valence-corrected chi connectivity index (χ4v) is 5.36. The molecule has 25 heavy (non-hydrogen) atoms. The van der Waals surface area contributed by atoms with Crippen LogP contribution in [0.25, 0.3) is 11.0 Å². The van der Waals surface area contributed by atoms with Gasteiger partial charge in [0.1, 0.15) is 11.0 Å². The van der Waals surface area contributed by atoms with E-state index in [0.29, 0.717) is 32.5 Å². The van der Waals surface area contributed by atoms with Crippen LogP contribution in [0.5, 0.6) is 0 Å². The summed E-state index contributed by atoms with van der Waals surface area (Å²) < 4.78 is 33.7. The van der Waals surface area contributed by atoms with Gasteiger partial charge in [0.2, 0.25) is 10.0 Å². The second-order valence-corrected chi connectivity index (χ2v) is 9.75.